The van der Waals surface area contributed by atoms with Gasteiger partial charge in [-0.05, 0) is 0 Å². The summed E-state index contributed by atoms with van der Waals surface area (Å²) >= 11 is 5.75. The highest BCUT2D eigenvalue weighted by molar-refractivity contribution is 6.65. The predicted molar refractivity (Wildman–Crippen MR) is 62.8 cm³/mol. The number of piperidine rings is 1. The zero-order valence-electron chi connectivity index (χ0n) is 10.2. The average molecular weight is 299 g/mol. The molecule has 0 N–H and O–H groups in total. The number of oxime groups is 1. The minimum atomic E-state index is -4.29. The van der Waals surface area contributed by atoms with Gasteiger partial charge in [0.1, 0.15) is 10.8 Å². The number of hydrogen-bond acceptors (Lipinski definition) is 3. The van der Waals surface area contributed by atoms with E-state index in [0.717, 1.165) is 0 Å². The molecule has 108 valence electrons. The molecule has 0 aromatic heterocycles. The number of alkyl halides is 3. The van der Waals surface area contributed by atoms with Crippen molar-refractivity contribution in [2.45, 2.75) is 43.9 Å². The first-order chi connectivity index (χ1) is 8.80. The number of carbonyl (C=O) groups is 1. The summed E-state index contributed by atoms with van der Waals surface area (Å²) in [6, 6.07) is 0. The quantitative estimate of drug-likeness (QED) is 0.786. The van der Waals surface area contributed by atoms with E-state index in [9.17, 15) is 18.0 Å². The van der Waals surface area contributed by atoms with Gasteiger partial charge in [0, 0.05) is 38.8 Å². The first kappa shape index (κ1) is 14.4. The average Bonchev–Trinajstić information content (AvgIpc) is 2.68. The van der Waals surface area contributed by atoms with Gasteiger partial charge < -0.3 is 9.74 Å². The van der Waals surface area contributed by atoms with Crippen LogP contribution in [0.3, 0.4) is 0 Å². The standard InChI is InChI=1S/C11H14ClF3N2O2/c12-8-7-10(19-16-8)3-5-17(6-4-10)9(18)1-2-11(13,14)15/h1-7H2. The highest BCUT2D eigenvalue weighted by atomic mass is 35.5. The maximum atomic E-state index is 12.0. The van der Waals surface area contributed by atoms with Gasteiger partial charge in [-0.25, -0.2) is 0 Å². The van der Waals surface area contributed by atoms with Crippen molar-refractivity contribution >= 4 is 22.7 Å². The lowest BCUT2D eigenvalue weighted by Gasteiger charge is -2.37. The van der Waals surface area contributed by atoms with Crippen molar-refractivity contribution < 1.29 is 22.8 Å². The molecule has 0 bridgehead atoms. The molecule has 0 aliphatic carbocycles. The van der Waals surface area contributed by atoms with E-state index in [1.165, 1.54) is 4.90 Å². The first-order valence-corrected chi connectivity index (χ1v) is 6.43. The Morgan fingerprint density at radius 2 is 2.05 bits per heavy atom. The Morgan fingerprint density at radius 1 is 1.42 bits per heavy atom. The van der Waals surface area contributed by atoms with Gasteiger partial charge in [-0.15, -0.1) is 0 Å². The molecule has 1 spiro atoms. The number of rotatable bonds is 2. The van der Waals surface area contributed by atoms with E-state index in [1.807, 2.05) is 0 Å². The number of carbonyl (C=O) groups excluding carboxylic acids is 1. The minimum Gasteiger partial charge on any atom is -0.388 e. The second-order valence-electron chi connectivity index (χ2n) is 4.91. The molecule has 1 saturated heterocycles. The molecule has 1 amide bonds. The largest absolute Gasteiger partial charge is 0.389 e. The molecule has 2 aliphatic heterocycles. The Bertz CT molecular complexity index is 390. The van der Waals surface area contributed by atoms with Crippen LogP contribution in [0.1, 0.15) is 32.1 Å². The molecule has 8 heteroatoms. The lowest BCUT2D eigenvalue weighted by molar-refractivity contribution is -0.152. The Balaban J connectivity index is 1.79. The van der Waals surface area contributed by atoms with Crippen molar-refractivity contribution in [3.8, 4) is 0 Å². The fraction of sp³-hybridized carbons (Fsp3) is 0.818. The van der Waals surface area contributed by atoms with Crippen LogP contribution in [0.4, 0.5) is 13.2 Å². The van der Waals surface area contributed by atoms with Gasteiger partial charge in [0.15, 0.2) is 0 Å². The first-order valence-electron chi connectivity index (χ1n) is 6.05. The fourth-order valence-corrected chi connectivity index (χ4v) is 2.59. The second kappa shape index (κ2) is 5.19. The van der Waals surface area contributed by atoms with Crippen LogP contribution in [-0.2, 0) is 9.63 Å². The van der Waals surface area contributed by atoms with E-state index < -0.39 is 30.5 Å². The highest BCUT2D eigenvalue weighted by Gasteiger charge is 2.42. The molecule has 0 atom stereocenters. The van der Waals surface area contributed by atoms with Crippen molar-refractivity contribution in [2.75, 3.05) is 13.1 Å². The van der Waals surface area contributed by atoms with Crippen LogP contribution in [0, 0.1) is 0 Å². The van der Waals surface area contributed by atoms with Gasteiger partial charge in [-0.3, -0.25) is 4.79 Å². The van der Waals surface area contributed by atoms with Crippen LogP contribution in [-0.4, -0.2) is 40.8 Å². The van der Waals surface area contributed by atoms with Gasteiger partial charge >= 0.3 is 6.18 Å². The van der Waals surface area contributed by atoms with E-state index in [2.05, 4.69) is 5.16 Å². The van der Waals surface area contributed by atoms with Gasteiger partial charge in [0.2, 0.25) is 5.91 Å². The summed E-state index contributed by atoms with van der Waals surface area (Å²) in [5.74, 6) is -0.461. The van der Waals surface area contributed by atoms with Crippen LogP contribution in [0.25, 0.3) is 0 Å². The third kappa shape index (κ3) is 3.75. The summed E-state index contributed by atoms with van der Waals surface area (Å²) in [4.78, 5) is 18.4. The molecule has 2 aliphatic rings. The molecule has 19 heavy (non-hydrogen) atoms. The molecule has 2 rings (SSSR count). The summed E-state index contributed by atoms with van der Waals surface area (Å²) < 4.78 is 36.1. The van der Waals surface area contributed by atoms with Gasteiger partial charge in [0.25, 0.3) is 0 Å². The van der Waals surface area contributed by atoms with Crippen molar-refractivity contribution in [1.29, 1.82) is 0 Å². The zero-order chi connectivity index (χ0) is 14.1. The summed E-state index contributed by atoms with van der Waals surface area (Å²) in [6.07, 6.45) is -4.25. The number of nitrogens with zero attached hydrogens (tertiary/aromatic N) is 2. The highest BCUT2D eigenvalue weighted by Crippen LogP contribution is 2.35. The maximum Gasteiger partial charge on any atom is 0.389 e. The lowest BCUT2D eigenvalue weighted by Crippen LogP contribution is -2.46. The van der Waals surface area contributed by atoms with Crippen molar-refractivity contribution in [1.82, 2.24) is 4.90 Å². The molecule has 2 heterocycles. The normalized spacial score (nSPS) is 22.3. The Kier molecular flexibility index (Phi) is 3.94. The fourth-order valence-electron chi connectivity index (χ4n) is 2.32. The molecule has 0 aromatic carbocycles. The SMILES string of the molecule is O=C(CCC(F)(F)F)N1CCC2(CC1)CC(Cl)=NO2. The maximum absolute atomic E-state index is 12.0. The third-order valence-electron chi connectivity index (χ3n) is 3.46. The second-order valence-corrected chi connectivity index (χ2v) is 5.35. The summed E-state index contributed by atoms with van der Waals surface area (Å²) in [6.45, 7) is 0.771. The molecular weight excluding hydrogens is 285 g/mol. The Morgan fingerprint density at radius 3 is 2.53 bits per heavy atom. The summed E-state index contributed by atoms with van der Waals surface area (Å²) in [7, 11) is 0. The van der Waals surface area contributed by atoms with E-state index >= 15 is 0 Å². The Hall–Kier alpha value is -0.980. The lowest BCUT2D eigenvalue weighted by atomic mass is 9.89. The molecule has 0 radical (unpaired) electrons. The number of halogens is 4. The topological polar surface area (TPSA) is 41.9 Å². The summed E-state index contributed by atoms with van der Waals surface area (Å²) in [5.41, 5.74) is -0.460. The van der Waals surface area contributed by atoms with E-state index in [4.69, 9.17) is 16.4 Å². The third-order valence-corrected chi connectivity index (χ3v) is 3.66. The predicted octanol–water partition coefficient (Wildman–Crippen LogP) is 2.66. The van der Waals surface area contributed by atoms with E-state index in [-0.39, 0.29) is 0 Å². The number of likely N-dealkylation sites (tertiary alicyclic amines) is 1. The number of amides is 1. The molecule has 0 unspecified atom stereocenters. The van der Waals surface area contributed by atoms with Crippen LogP contribution in [0.5, 0.6) is 0 Å². The Labute approximate surface area is 113 Å². The van der Waals surface area contributed by atoms with Crippen LogP contribution in [0.2, 0.25) is 0 Å². The van der Waals surface area contributed by atoms with Crippen LogP contribution in [0.15, 0.2) is 5.16 Å². The smallest absolute Gasteiger partial charge is 0.388 e. The van der Waals surface area contributed by atoms with Crippen LogP contribution >= 0.6 is 11.6 Å². The minimum absolute atomic E-state index is 0.385. The van der Waals surface area contributed by atoms with Crippen molar-refractivity contribution in [2.24, 2.45) is 5.16 Å². The van der Waals surface area contributed by atoms with E-state index in [1.54, 1.807) is 0 Å². The van der Waals surface area contributed by atoms with Gasteiger partial charge in [-0.1, -0.05) is 16.8 Å². The zero-order valence-corrected chi connectivity index (χ0v) is 10.9. The molecule has 0 saturated carbocycles. The van der Waals surface area contributed by atoms with E-state index in [0.29, 0.717) is 37.5 Å². The summed E-state index contributed by atoms with van der Waals surface area (Å²) in [5, 5.41) is 4.08. The van der Waals surface area contributed by atoms with Crippen molar-refractivity contribution in [3.05, 3.63) is 0 Å². The van der Waals surface area contributed by atoms with Crippen LogP contribution < -0.4 is 0 Å². The molecule has 1 fully saturated rings. The molecule has 4 nitrogen and oxygen atoms in total. The van der Waals surface area contributed by atoms with Gasteiger partial charge in [-0.2, -0.15) is 13.2 Å². The number of hydrogen-bond donors (Lipinski definition) is 0. The van der Waals surface area contributed by atoms with Gasteiger partial charge in [0.05, 0.1) is 6.42 Å². The molecular formula is C11H14ClF3N2O2. The monoisotopic (exact) mass is 298 g/mol. The van der Waals surface area contributed by atoms with Crippen molar-refractivity contribution in [3.63, 3.8) is 0 Å². The molecule has 0 aromatic rings.